The highest BCUT2D eigenvalue weighted by molar-refractivity contribution is 9.10. The van der Waals surface area contributed by atoms with Crippen LogP contribution in [0.1, 0.15) is 23.6 Å². The summed E-state index contributed by atoms with van der Waals surface area (Å²) in [7, 11) is 0. The van der Waals surface area contributed by atoms with Crippen LogP contribution in [0.5, 0.6) is 0 Å². The number of anilines is 1. The van der Waals surface area contributed by atoms with E-state index >= 15 is 0 Å². The second-order valence-corrected chi connectivity index (χ2v) is 5.19. The standard InChI is InChI=1S/C16H15BrN2/c1-2-12-9-15(17)7-8-16(12)19-11-14-6-4-3-5-13(14)10-18/h3-9,19H,2,11H2,1H3. The minimum atomic E-state index is 0.665. The molecule has 1 N–H and O–H groups in total. The molecule has 0 radical (unpaired) electrons. The SMILES string of the molecule is CCc1cc(Br)ccc1NCc1ccccc1C#N. The van der Waals surface area contributed by atoms with Crippen LogP contribution in [0.4, 0.5) is 5.69 Å². The van der Waals surface area contributed by atoms with Gasteiger partial charge in [-0.05, 0) is 41.8 Å². The van der Waals surface area contributed by atoms with Crippen LogP contribution < -0.4 is 5.32 Å². The fourth-order valence-electron chi connectivity index (χ4n) is 2.00. The van der Waals surface area contributed by atoms with Crippen LogP contribution in [0, 0.1) is 11.3 Å². The highest BCUT2D eigenvalue weighted by Gasteiger charge is 2.04. The van der Waals surface area contributed by atoms with Gasteiger partial charge in [0.1, 0.15) is 0 Å². The van der Waals surface area contributed by atoms with Gasteiger partial charge in [-0.25, -0.2) is 0 Å². The number of nitrogens with zero attached hydrogens (tertiary/aromatic N) is 1. The van der Waals surface area contributed by atoms with Crippen molar-refractivity contribution in [2.75, 3.05) is 5.32 Å². The maximum Gasteiger partial charge on any atom is 0.0995 e. The number of hydrogen-bond acceptors (Lipinski definition) is 2. The lowest BCUT2D eigenvalue weighted by molar-refractivity contribution is 1.09. The van der Waals surface area contributed by atoms with Crippen molar-refractivity contribution in [3.05, 3.63) is 63.6 Å². The van der Waals surface area contributed by atoms with Gasteiger partial charge in [0, 0.05) is 16.7 Å². The molecule has 0 saturated heterocycles. The van der Waals surface area contributed by atoms with Crippen LogP contribution >= 0.6 is 15.9 Å². The Morgan fingerprint density at radius 3 is 2.68 bits per heavy atom. The summed E-state index contributed by atoms with van der Waals surface area (Å²) in [5.41, 5.74) is 4.14. The number of hydrogen-bond donors (Lipinski definition) is 1. The van der Waals surface area contributed by atoms with E-state index in [4.69, 9.17) is 5.26 Å². The third-order valence-corrected chi connectivity index (χ3v) is 3.55. The molecule has 2 aromatic rings. The van der Waals surface area contributed by atoms with Gasteiger partial charge in [0.2, 0.25) is 0 Å². The van der Waals surface area contributed by atoms with Gasteiger partial charge in [-0.1, -0.05) is 41.1 Å². The quantitative estimate of drug-likeness (QED) is 0.902. The Morgan fingerprint density at radius 2 is 1.95 bits per heavy atom. The number of nitriles is 1. The lowest BCUT2D eigenvalue weighted by Crippen LogP contribution is -2.03. The third kappa shape index (κ3) is 3.36. The summed E-state index contributed by atoms with van der Waals surface area (Å²) < 4.78 is 1.09. The summed E-state index contributed by atoms with van der Waals surface area (Å²) >= 11 is 3.49. The smallest absolute Gasteiger partial charge is 0.0995 e. The first-order chi connectivity index (χ1) is 9.24. The van der Waals surface area contributed by atoms with Crippen molar-refractivity contribution in [1.82, 2.24) is 0 Å². The molecule has 96 valence electrons. The van der Waals surface area contributed by atoms with Crippen LogP contribution in [0.3, 0.4) is 0 Å². The summed E-state index contributed by atoms with van der Waals surface area (Å²) in [6, 6.07) is 16.1. The Labute approximate surface area is 122 Å². The molecule has 3 heteroatoms. The van der Waals surface area contributed by atoms with Gasteiger partial charge in [-0.3, -0.25) is 0 Å². The lowest BCUT2D eigenvalue weighted by atomic mass is 10.1. The fraction of sp³-hybridized carbons (Fsp3) is 0.188. The molecule has 0 fully saturated rings. The Hall–Kier alpha value is -1.79. The topological polar surface area (TPSA) is 35.8 Å². The molecular weight excluding hydrogens is 300 g/mol. The molecule has 0 amide bonds. The van der Waals surface area contributed by atoms with Crippen molar-refractivity contribution >= 4 is 21.6 Å². The summed E-state index contributed by atoms with van der Waals surface area (Å²) in [4.78, 5) is 0. The molecule has 2 rings (SSSR count). The molecular formula is C16H15BrN2. The van der Waals surface area contributed by atoms with E-state index in [1.54, 1.807) is 0 Å². The van der Waals surface area contributed by atoms with E-state index < -0.39 is 0 Å². The summed E-state index contributed by atoms with van der Waals surface area (Å²) in [6.45, 7) is 2.80. The van der Waals surface area contributed by atoms with E-state index in [9.17, 15) is 0 Å². The first-order valence-electron chi connectivity index (χ1n) is 6.25. The average molecular weight is 315 g/mol. The summed E-state index contributed by atoms with van der Waals surface area (Å²) in [5.74, 6) is 0. The van der Waals surface area contributed by atoms with E-state index in [0.29, 0.717) is 6.54 Å². The third-order valence-electron chi connectivity index (χ3n) is 3.06. The van der Waals surface area contributed by atoms with Crippen LogP contribution in [0.25, 0.3) is 0 Å². The van der Waals surface area contributed by atoms with Gasteiger partial charge in [-0.2, -0.15) is 5.26 Å². The van der Waals surface area contributed by atoms with Crippen LogP contribution in [-0.4, -0.2) is 0 Å². The number of rotatable bonds is 4. The molecule has 0 saturated carbocycles. The lowest BCUT2D eigenvalue weighted by Gasteiger charge is -2.12. The Bertz CT molecular complexity index is 614. The average Bonchev–Trinajstić information content (AvgIpc) is 2.46. The van der Waals surface area contributed by atoms with Crippen molar-refractivity contribution in [3.8, 4) is 6.07 Å². The van der Waals surface area contributed by atoms with Gasteiger partial charge in [-0.15, -0.1) is 0 Å². The van der Waals surface area contributed by atoms with Crippen LogP contribution in [0.2, 0.25) is 0 Å². The highest BCUT2D eigenvalue weighted by atomic mass is 79.9. The second-order valence-electron chi connectivity index (χ2n) is 4.28. The normalized spacial score (nSPS) is 9.95. The maximum atomic E-state index is 9.07. The molecule has 0 aliphatic carbocycles. The molecule has 0 spiro atoms. The first-order valence-corrected chi connectivity index (χ1v) is 7.04. The van der Waals surface area contributed by atoms with Crippen molar-refractivity contribution in [3.63, 3.8) is 0 Å². The molecule has 0 bridgehead atoms. The van der Waals surface area contributed by atoms with Crippen molar-refractivity contribution in [1.29, 1.82) is 5.26 Å². The molecule has 0 heterocycles. The summed E-state index contributed by atoms with van der Waals surface area (Å²) in [6.07, 6.45) is 0.974. The molecule has 0 unspecified atom stereocenters. The molecule has 0 atom stereocenters. The van der Waals surface area contributed by atoms with Crippen LogP contribution in [0.15, 0.2) is 46.9 Å². The van der Waals surface area contributed by atoms with E-state index in [0.717, 1.165) is 27.7 Å². The van der Waals surface area contributed by atoms with Crippen molar-refractivity contribution < 1.29 is 0 Å². The molecule has 2 nitrogen and oxygen atoms in total. The maximum absolute atomic E-state index is 9.07. The van der Waals surface area contributed by atoms with Gasteiger partial charge >= 0.3 is 0 Å². The highest BCUT2D eigenvalue weighted by Crippen LogP contribution is 2.22. The van der Waals surface area contributed by atoms with Gasteiger partial charge in [0.15, 0.2) is 0 Å². The van der Waals surface area contributed by atoms with Gasteiger partial charge in [0.25, 0.3) is 0 Å². The predicted octanol–water partition coefficient (Wildman–Crippen LogP) is 4.50. The molecule has 0 aromatic heterocycles. The van der Waals surface area contributed by atoms with Gasteiger partial charge < -0.3 is 5.32 Å². The van der Waals surface area contributed by atoms with Crippen molar-refractivity contribution in [2.45, 2.75) is 19.9 Å². The Kier molecular flexibility index (Phi) is 4.59. The second kappa shape index (κ2) is 6.40. The van der Waals surface area contributed by atoms with E-state index in [2.05, 4.69) is 46.4 Å². The monoisotopic (exact) mass is 314 g/mol. The predicted molar refractivity (Wildman–Crippen MR) is 82.0 cm³/mol. The number of nitrogens with one attached hydrogen (secondary N) is 1. The van der Waals surface area contributed by atoms with Crippen LogP contribution in [-0.2, 0) is 13.0 Å². The fourth-order valence-corrected chi connectivity index (χ4v) is 2.41. The molecule has 2 aromatic carbocycles. The zero-order valence-electron chi connectivity index (χ0n) is 10.8. The first kappa shape index (κ1) is 13.6. The molecule has 0 aliphatic heterocycles. The zero-order chi connectivity index (χ0) is 13.7. The zero-order valence-corrected chi connectivity index (χ0v) is 12.4. The largest absolute Gasteiger partial charge is 0.381 e. The minimum absolute atomic E-state index is 0.665. The minimum Gasteiger partial charge on any atom is -0.381 e. The summed E-state index contributed by atoms with van der Waals surface area (Å²) in [5, 5.41) is 12.5. The Balaban J connectivity index is 2.17. The van der Waals surface area contributed by atoms with E-state index in [-0.39, 0.29) is 0 Å². The molecule has 19 heavy (non-hydrogen) atoms. The van der Waals surface area contributed by atoms with Crippen molar-refractivity contribution in [2.24, 2.45) is 0 Å². The van der Waals surface area contributed by atoms with E-state index in [1.807, 2.05) is 30.3 Å². The van der Waals surface area contributed by atoms with Gasteiger partial charge in [0.05, 0.1) is 11.6 Å². The number of halogens is 1. The van der Waals surface area contributed by atoms with E-state index in [1.165, 1.54) is 5.56 Å². The number of benzene rings is 2. The Morgan fingerprint density at radius 1 is 1.16 bits per heavy atom. The number of aryl methyl sites for hydroxylation is 1. The molecule has 0 aliphatic rings.